The lowest BCUT2D eigenvalue weighted by Gasteiger charge is -2.32. The van der Waals surface area contributed by atoms with Crippen LogP contribution in [-0.2, 0) is 0 Å². The van der Waals surface area contributed by atoms with Crippen LogP contribution in [0.1, 0.15) is 36.7 Å². The van der Waals surface area contributed by atoms with E-state index in [1.165, 1.54) is 25.9 Å². The van der Waals surface area contributed by atoms with E-state index in [1.807, 2.05) is 25.3 Å². The van der Waals surface area contributed by atoms with Gasteiger partial charge in [0, 0.05) is 20.0 Å². The maximum atomic E-state index is 11.6. The highest BCUT2D eigenvalue weighted by atomic mass is 16.1. The van der Waals surface area contributed by atoms with Crippen molar-refractivity contribution in [3.63, 3.8) is 0 Å². The third-order valence-corrected chi connectivity index (χ3v) is 4.17. The van der Waals surface area contributed by atoms with Gasteiger partial charge in [0.15, 0.2) is 5.78 Å². The van der Waals surface area contributed by atoms with Crippen molar-refractivity contribution in [3.05, 3.63) is 24.0 Å². The largest absolute Gasteiger partial charge is 0.373 e. The molecule has 0 bridgehead atoms. The van der Waals surface area contributed by atoms with Crippen LogP contribution in [0.25, 0.3) is 0 Å². The van der Waals surface area contributed by atoms with Crippen LogP contribution in [0.4, 0.5) is 5.69 Å². The van der Waals surface area contributed by atoms with E-state index in [-0.39, 0.29) is 5.78 Å². The van der Waals surface area contributed by atoms with Crippen molar-refractivity contribution >= 4 is 11.5 Å². The highest BCUT2D eigenvalue weighted by Gasteiger charge is 2.18. The number of carbonyl (C=O) groups is 1. The van der Waals surface area contributed by atoms with Gasteiger partial charge in [-0.2, -0.15) is 0 Å². The molecule has 2 heterocycles. The molecule has 4 nitrogen and oxygen atoms in total. The molecule has 2 rings (SSSR count). The minimum absolute atomic E-state index is 0.106. The molecule has 0 atom stereocenters. The Kier molecular flexibility index (Phi) is 5.12. The molecular weight excluding hydrogens is 250 g/mol. The van der Waals surface area contributed by atoms with Crippen molar-refractivity contribution in [2.45, 2.75) is 26.2 Å². The molecule has 1 saturated heterocycles. The number of pyridine rings is 1. The predicted molar refractivity (Wildman–Crippen MR) is 82.3 cm³/mol. The average Bonchev–Trinajstić information content (AvgIpc) is 2.49. The highest BCUT2D eigenvalue weighted by molar-refractivity contribution is 5.94. The standard InChI is InChI=1S/C16H25N3O/c1-4-16(20)15-6-5-14(11-17-15)19(3)12-13-7-9-18(2)10-8-13/h5-6,11,13H,4,7-10,12H2,1-3H3. The second-order valence-electron chi connectivity index (χ2n) is 5.81. The summed E-state index contributed by atoms with van der Waals surface area (Å²) in [7, 11) is 4.30. The summed E-state index contributed by atoms with van der Waals surface area (Å²) in [6.07, 6.45) is 4.86. The van der Waals surface area contributed by atoms with E-state index < -0.39 is 0 Å². The number of ketones is 1. The fourth-order valence-corrected chi connectivity index (χ4v) is 2.70. The number of hydrogen-bond acceptors (Lipinski definition) is 4. The summed E-state index contributed by atoms with van der Waals surface area (Å²) in [6, 6.07) is 3.84. The van der Waals surface area contributed by atoms with E-state index in [4.69, 9.17) is 0 Å². The van der Waals surface area contributed by atoms with E-state index in [9.17, 15) is 4.79 Å². The minimum Gasteiger partial charge on any atom is -0.373 e. The van der Waals surface area contributed by atoms with E-state index in [1.54, 1.807) is 0 Å². The molecule has 20 heavy (non-hydrogen) atoms. The van der Waals surface area contributed by atoms with Gasteiger partial charge in [-0.3, -0.25) is 9.78 Å². The molecule has 0 saturated carbocycles. The minimum atomic E-state index is 0.106. The first kappa shape index (κ1) is 15.0. The second kappa shape index (κ2) is 6.84. The van der Waals surface area contributed by atoms with Crippen LogP contribution in [0.3, 0.4) is 0 Å². The average molecular weight is 275 g/mol. The molecule has 0 aromatic carbocycles. The van der Waals surface area contributed by atoms with Crippen LogP contribution in [0.5, 0.6) is 0 Å². The number of Topliss-reactive ketones (excluding diaryl/α,β-unsaturated/α-hetero) is 1. The van der Waals surface area contributed by atoms with Gasteiger partial charge < -0.3 is 9.80 Å². The second-order valence-corrected chi connectivity index (χ2v) is 5.81. The van der Waals surface area contributed by atoms with Crippen molar-refractivity contribution in [3.8, 4) is 0 Å². The lowest BCUT2D eigenvalue weighted by Crippen LogP contribution is -2.35. The number of carbonyl (C=O) groups excluding carboxylic acids is 1. The number of aromatic nitrogens is 1. The van der Waals surface area contributed by atoms with Crippen LogP contribution >= 0.6 is 0 Å². The molecule has 110 valence electrons. The van der Waals surface area contributed by atoms with Crippen LogP contribution < -0.4 is 4.90 Å². The van der Waals surface area contributed by atoms with E-state index in [0.717, 1.165) is 18.2 Å². The lowest BCUT2D eigenvalue weighted by molar-refractivity contribution is 0.0983. The molecule has 0 radical (unpaired) electrons. The molecular formula is C16H25N3O. The number of piperidine rings is 1. The van der Waals surface area contributed by atoms with Gasteiger partial charge >= 0.3 is 0 Å². The number of nitrogens with zero attached hydrogens (tertiary/aromatic N) is 3. The summed E-state index contributed by atoms with van der Waals surface area (Å²) in [6.45, 7) is 5.32. The Hall–Kier alpha value is -1.42. The smallest absolute Gasteiger partial charge is 0.180 e. The fourth-order valence-electron chi connectivity index (χ4n) is 2.70. The first-order valence-electron chi connectivity index (χ1n) is 7.49. The van der Waals surface area contributed by atoms with Gasteiger partial charge in [0.2, 0.25) is 0 Å². The summed E-state index contributed by atoms with van der Waals surface area (Å²) >= 11 is 0. The summed E-state index contributed by atoms with van der Waals surface area (Å²) in [4.78, 5) is 20.5. The molecule has 1 aromatic rings. The summed E-state index contributed by atoms with van der Waals surface area (Å²) in [5.41, 5.74) is 1.67. The Bertz CT molecular complexity index is 436. The van der Waals surface area contributed by atoms with Crippen LogP contribution in [0.2, 0.25) is 0 Å². The summed E-state index contributed by atoms with van der Waals surface area (Å²) in [5, 5.41) is 0. The quantitative estimate of drug-likeness (QED) is 0.773. The zero-order valence-electron chi connectivity index (χ0n) is 12.8. The molecule has 0 amide bonds. The number of rotatable bonds is 5. The lowest BCUT2D eigenvalue weighted by atomic mass is 9.96. The topological polar surface area (TPSA) is 36.4 Å². The van der Waals surface area contributed by atoms with Crippen molar-refractivity contribution < 1.29 is 4.79 Å². The van der Waals surface area contributed by atoms with Gasteiger partial charge in [-0.15, -0.1) is 0 Å². The van der Waals surface area contributed by atoms with Crippen LogP contribution in [0.15, 0.2) is 18.3 Å². The molecule has 0 unspecified atom stereocenters. The molecule has 1 aliphatic rings. The molecule has 1 aliphatic heterocycles. The zero-order chi connectivity index (χ0) is 14.5. The fraction of sp³-hybridized carbons (Fsp3) is 0.625. The Balaban J connectivity index is 1.92. The predicted octanol–water partition coefficient (Wildman–Crippen LogP) is 2.45. The number of hydrogen-bond donors (Lipinski definition) is 0. The molecule has 4 heteroatoms. The maximum Gasteiger partial charge on any atom is 0.180 e. The van der Waals surface area contributed by atoms with Crippen LogP contribution in [-0.4, -0.2) is 49.4 Å². The molecule has 0 spiro atoms. The van der Waals surface area contributed by atoms with Crippen LogP contribution in [0, 0.1) is 5.92 Å². The van der Waals surface area contributed by atoms with Crippen molar-refractivity contribution in [2.75, 3.05) is 38.6 Å². The molecule has 0 N–H and O–H groups in total. The first-order chi connectivity index (χ1) is 9.60. The van der Waals surface area contributed by atoms with E-state index >= 15 is 0 Å². The van der Waals surface area contributed by atoms with E-state index in [2.05, 4.69) is 28.9 Å². The van der Waals surface area contributed by atoms with Gasteiger partial charge in [-0.25, -0.2) is 0 Å². The van der Waals surface area contributed by atoms with Gasteiger partial charge in [0.25, 0.3) is 0 Å². The first-order valence-corrected chi connectivity index (χ1v) is 7.49. The maximum absolute atomic E-state index is 11.6. The third kappa shape index (κ3) is 3.79. The summed E-state index contributed by atoms with van der Waals surface area (Å²) in [5.74, 6) is 0.864. The highest BCUT2D eigenvalue weighted by Crippen LogP contribution is 2.20. The number of anilines is 1. The monoisotopic (exact) mass is 275 g/mol. The van der Waals surface area contributed by atoms with Crippen molar-refractivity contribution in [1.29, 1.82) is 0 Å². The SMILES string of the molecule is CCC(=O)c1ccc(N(C)CC2CCN(C)CC2)cn1. The van der Waals surface area contributed by atoms with E-state index in [0.29, 0.717) is 12.1 Å². The third-order valence-electron chi connectivity index (χ3n) is 4.17. The van der Waals surface area contributed by atoms with Gasteiger partial charge in [-0.05, 0) is 51.0 Å². The molecule has 1 fully saturated rings. The Labute approximate surface area is 121 Å². The van der Waals surface area contributed by atoms with Gasteiger partial charge in [0.05, 0.1) is 11.9 Å². The van der Waals surface area contributed by atoms with Gasteiger partial charge in [0.1, 0.15) is 5.69 Å². The van der Waals surface area contributed by atoms with Crippen molar-refractivity contribution in [2.24, 2.45) is 5.92 Å². The Morgan fingerprint density at radius 1 is 1.40 bits per heavy atom. The Morgan fingerprint density at radius 3 is 2.65 bits per heavy atom. The molecule has 1 aromatic heterocycles. The Morgan fingerprint density at radius 2 is 2.10 bits per heavy atom. The number of likely N-dealkylation sites (tertiary alicyclic amines) is 1. The normalized spacial score (nSPS) is 17.1. The van der Waals surface area contributed by atoms with Crippen molar-refractivity contribution in [1.82, 2.24) is 9.88 Å². The zero-order valence-corrected chi connectivity index (χ0v) is 12.8. The van der Waals surface area contributed by atoms with Gasteiger partial charge in [-0.1, -0.05) is 6.92 Å². The molecule has 0 aliphatic carbocycles. The summed E-state index contributed by atoms with van der Waals surface area (Å²) < 4.78 is 0.